The van der Waals surface area contributed by atoms with Crippen LogP contribution in [0.3, 0.4) is 0 Å². The van der Waals surface area contributed by atoms with Gasteiger partial charge in [-0.25, -0.2) is 0 Å². The summed E-state index contributed by atoms with van der Waals surface area (Å²) in [6, 6.07) is 2.14. The van der Waals surface area contributed by atoms with E-state index in [9.17, 15) is 0 Å². The summed E-state index contributed by atoms with van der Waals surface area (Å²) >= 11 is 0. The highest BCUT2D eigenvalue weighted by atomic mass is 14.4. The van der Waals surface area contributed by atoms with Crippen LogP contribution in [0.2, 0.25) is 0 Å². The summed E-state index contributed by atoms with van der Waals surface area (Å²) in [7, 11) is 0. The molecule has 0 spiro atoms. The third kappa shape index (κ3) is 1.16. The van der Waals surface area contributed by atoms with Crippen molar-refractivity contribution in [3.63, 3.8) is 0 Å². The van der Waals surface area contributed by atoms with Gasteiger partial charge in [0.15, 0.2) is 0 Å². The Morgan fingerprint density at radius 1 is 1.42 bits per heavy atom. The van der Waals surface area contributed by atoms with Crippen molar-refractivity contribution >= 4 is 0 Å². The van der Waals surface area contributed by atoms with E-state index in [1.165, 1.54) is 31.3 Å². The van der Waals surface area contributed by atoms with Crippen LogP contribution in [0.25, 0.3) is 0 Å². The monoisotopic (exact) mass is 161 g/mol. The van der Waals surface area contributed by atoms with Gasteiger partial charge in [-0.15, -0.1) is 0 Å². The van der Waals surface area contributed by atoms with Gasteiger partial charge in [-0.05, 0) is 43.9 Å². The van der Waals surface area contributed by atoms with Gasteiger partial charge in [0.1, 0.15) is 0 Å². The minimum absolute atomic E-state index is 0.753. The summed E-state index contributed by atoms with van der Waals surface area (Å²) in [5, 5.41) is 8.54. The molecule has 2 saturated carbocycles. The van der Waals surface area contributed by atoms with Crippen molar-refractivity contribution in [2.45, 2.75) is 32.6 Å². The largest absolute Gasteiger partial charge is 0.193 e. The predicted molar refractivity (Wildman–Crippen MR) is 48.3 cm³/mol. The first-order valence-corrected chi connectivity index (χ1v) is 4.87. The molecule has 0 amide bonds. The molecule has 2 rings (SSSR count). The summed E-state index contributed by atoms with van der Waals surface area (Å²) in [4.78, 5) is 0. The quantitative estimate of drug-likeness (QED) is 0.542. The third-order valence-electron chi connectivity index (χ3n) is 3.62. The Kier molecular flexibility index (Phi) is 1.92. The molecule has 2 fully saturated rings. The number of hydrogen-bond donors (Lipinski definition) is 0. The lowest BCUT2D eigenvalue weighted by atomic mass is 9.84. The highest BCUT2D eigenvalue weighted by molar-refractivity contribution is 5.17. The lowest BCUT2D eigenvalue weighted by Crippen LogP contribution is -2.11. The van der Waals surface area contributed by atoms with Gasteiger partial charge in [-0.2, -0.15) is 5.26 Å². The Morgan fingerprint density at radius 2 is 2.25 bits per heavy atom. The molecular weight excluding hydrogens is 146 g/mol. The Hall–Kier alpha value is -0.770. The Bertz CT molecular complexity index is 246. The fourth-order valence-corrected chi connectivity index (χ4v) is 3.01. The second-order valence-electron chi connectivity index (χ2n) is 4.30. The Labute approximate surface area is 74.1 Å². The number of nitriles is 1. The number of rotatable bonds is 1. The van der Waals surface area contributed by atoms with E-state index in [0.29, 0.717) is 0 Å². The highest BCUT2D eigenvalue weighted by Crippen LogP contribution is 2.50. The average molecular weight is 161 g/mol. The van der Waals surface area contributed by atoms with Gasteiger partial charge in [0, 0.05) is 6.08 Å². The average Bonchev–Trinajstić information content (AvgIpc) is 2.64. The molecule has 0 aromatic rings. The zero-order valence-corrected chi connectivity index (χ0v) is 7.59. The second-order valence-corrected chi connectivity index (χ2v) is 4.30. The lowest BCUT2D eigenvalue weighted by molar-refractivity contribution is 0.378. The van der Waals surface area contributed by atoms with Gasteiger partial charge < -0.3 is 0 Å². The standard InChI is InChI=1S/C11H15N/c1-8(4-5-12)11-7-9-2-3-10(11)6-9/h4,9-11H,2-3,6-7H2,1H3/b8-4-. The van der Waals surface area contributed by atoms with E-state index in [2.05, 4.69) is 13.0 Å². The molecular formula is C11H15N. The summed E-state index contributed by atoms with van der Waals surface area (Å²) < 4.78 is 0. The molecule has 12 heavy (non-hydrogen) atoms. The van der Waals surface area contributed by atoms with Crippen LogP contribution in [0.4, 0.5) is 0 Å². The molecule has 1 nitrogen and oxygen atoms in total. The molecule has 0 aromatic carbocycles. The van der Waals surface area contributed by atoms with Gasteiger partial charge in [0.25, 0.3) is 0 Å². The molecule has 2 aliphatic carbocycles. The minimum Gasteiger partial charge on any atom is -0.193 e. The summed E-state index contributed by atoms with van der Waals surface area (Å²) in [6.07, 6.45) is 7.38. The number of nitrogens with zero attached hydrogens (tertiary/aromatic N) is 1. The van der Waals surface area contributed by atoms with Crippen LogP contribution in [-0.4, -0.2) is 0 Å². The maximum Gasteiger partial charge on any atom is 0.0911 e. The topological polar surface area (TPSA) is 23.8 Å². The summed E-state index contributed by atoms with van der Waals surface area (Å²) in [5.74, 6) is 2.66. The van der Waals surface area contributed by atoms with Crippen molar-refractivity contribution in [1.82, 2.24) is 0 Å². The normalized spacial score (nSPS) is 40.0. The van der Waals surface area contributed by atoms with Gasteiger partial charge in [0.2, 0.25) is 0 Å². The number of hydrogen-bond acceptors (Lipinski definition) is 1. The maximum atomic E-state index is 8.54. The van der Waals surface area contributed by atoms with E-state index in [0.717, 1.165) is 17.8 Å². The van der Waals surface area contributed by atoms with Gasteiger partial charge in [0.05, 0.1) is 6.07 Å². The molecule has 2 bridgehead atoms. The maximum absolute atomic E-state index is 8.54. The van der Waals surface area contributed by atoms with Crippen molar-refractivity contribution in [3.05, 3.63) is 11.6 Å². The highest BCUT2D eigenvalue weighted by Gasteiger charge is 2.39. The minimum atomic E-state index is 0.753. The van der Waals surface area contributed by atoms with Crippen molar-refractivity contribution < 1.29 is 0 Å². The van der Waals surface area contributed by atoms with Gasteiger partial charge in [-0.3, -0.25) is 0 Å². The first-order chi connectivity index (χ1) is 5.81. The summed E-state index contributed by atoms with van der Waals surface area (Å²) in [6.45, 7) is 2.12. The van der Waals surface area contributed by atoms with E-state index in [1.807, 2.05) is 0 Å². The molecule has 1 heteroatoms. The second kappa shape index (κ2) is 2.94. The molecule has 0 aromatic heterocycles. The lowest BCUT2D eigenvalue weighted by Gasteiger charge is -2.21. The van der Waals surface area contributed by atoms with Crippen LogP contribution in [-0.2, 0) is 0 Å². The number of allylic oxidation sites excluding steroid dienone is 2. The van der Waals surface area contributed by atoms with E-state index in [4.69, 9.17) is 5.26 Å². The van der Waals surface area contributed by atoms with Crippen molar-refractivity contribution in [3.8, 4) is 6.07 Å². The van der Waals surface area contributed by atoms with Crippen molar-refractivity contribution in [2.75, 3.05) is 0 Å². The predicted octanol–water partition coefficient (Wildman–Crippen LogP) is 2.89. The van der Waals surface area contributed by atoms with E-state index in [1.54, 1.807) is 6.08 Å². The van der Waals surface area contributed by atoms with Gasteiger partial charge in [-0.1, -0.05) is 12.0 Å². The van der Waals surface area contributed by atoms with Crippen LogP contribution < -0.4 is 0 Å². The van der Waals surface area contributed by atoms with Crippen LogP contribution in [0, 0.1) is 29.1 Å². The molecule has 0 saturated heterocycles. The molecule has 2 aliphatic rings. The fraction of sp³-hybridized carbons (Fsp3) is 0.727. The van der Waals surface area contributed by atoms with Crippen LogP contribution in [0.15, 0.2) is 11.6 Å². The van der Waals surface area contributed by atoms with Crippen LogP contribution >= 0.6 is 0 Å². The molecule has 3 atom stereocenters. The van der Waals surface area contributed by atoms with Crippen LogP contribution in [0.1, 0.15) is 32.6 Å². The smallest absolute Gasteiger partial charge is 0.0911 e. The van der Waals surface area contributed by atoms with Crippen molar-refractivity contribution in [1.29, 1.82) is 5.26 Å². The molecule has 3 unspecified atom stereocenters. The van der Waals surface area contributed by atoms with Crippen molar-refractivity contribution in [2.24, 2.45) is 17.8 Å². The zero-order valence-electron chi connectivity index (χ0n) is 7.59. The van der Waals surface area contributed by atoms with E-state index in [-0.39, 0.29) is 0 Å². The first-order valence-electron chi connectivity index (χ1n) is 4.87. The zero-order chi connectivity index (χ0) is 8.55. The molecule has 0 radical (unpaired) electrons. The molecule has 0 aliphatic heterocycles. The van der Waals surface area contributed by atoms with E-state index < -0.39 is 0 Å². The Morgan fingerprint density at radius 3 is 2.75 bits per heavy atom. The third-order valence-corrected chi connectivity index (χ3v) is 3.62. The fourth-order valence-electron chi connectivity index (χ4n) is 3.01. The number of fused-ring (bicyclic) bond motifs is 2. The van der Waals surface area contributed by atoms with Crippen LogP contribution in [0.5, 0.6) is 0 Å². The Balaban J connectivity index is 2.08. The molecule has 0 heterocycles. The van der Waals surface area contributed by atoms with E-state index >= 15 is 0 Å². The summed E-state index contributed by atoms with van der Waals surface area (Å²) in [5.41, 5.74) is 1.32. The molecule has 0 N–H and O–H groups in total. The first kappa shape index (κ1) is 7.86. The molecule has 64 valence electrons. The SMILES string of the molecule is C/C(=C/C#N)C1CC2CCC1C2. The van der Waals surface area contributed by atoms with Gasteiger partial charge >= 0.3 is 0 Å².